The molecule has 1 aliphatic rings. The van der Waals surface area contributed by atoms with Crippen molar-refractivity contribution >= 4 is 11.6 Å². The monoisotopic (exact) mass is 227 g/mol. The second-order valence-electron chi connectivity index (χ2n) is 3.65. The van der Waals surface area contributed by atoms with Gasteiger partial charge in [-0.15, -0.1) is 0 Å². The van der Waals surface area contributed by atoms with Gasteiger partial charge in [-0.05, 0) is 25.1 Å². The summed E-state index contributed by atoms with van der Waals surface area (Å²) in [7, 11) is 0. The first kappa shape index (κ1) is 10.7. The number of rotatable bonds is 2. The summed E-state index contributed by atoms with van der Waals surface area (Å²) in [6, 6.07) is 7.32. The van der Waals surface area contributed by atoms with Crippen molar-refractivity contribution in [3.05, 3.63) is 29.3 Å². The Labute approximate surface area is 94.0 Å². The zero-order valence-electron chi connectivity index (χ0n) is 8.32. The molecule has 2 atom stereocenters. The molecule has 3 nitrogen and oxygen atoms in total. The van der Waals surface area contributed by atoms with E-state index in [2.05, 4.69) is 5.32 Å². The third-order valence-corrected chi connectivity index (χ3v) is 2.82. The fourth-order valence-corrected chi connectivity index (χ4v) is 1.84. The van der Waals surface area contributed by atoms with Crippen molar-refractivity contribution in [1.82, 2.24) is 5.32 Å². The van der Waals surface area contributed by atoms with Crippen LogP contribution in [0.15, 0.2) is 24.3 Å². The molecule has 0 spiro atoms. The van der Waals surface area contributed by atoms with E-state index in [0.717, 1.165) is 13.0 Å². The SMILES string of the molecule is O[C@@H]1CNCC[C@H]1Oc1ccccc1Cl. The van der Waals surface area contributed by atoms with Gasteiger partial charge in [0.2, 0.25) is 0 Å². The van der Waals surface area contributed by atoms with Gasteiger partial charge in [0.1, 0.15) is 18.0 Å². The minimum Gasteiger partial charge on any atom is -0.486 e. The summed E-state index contributed by atoms with van der Waals surface area (Å²) in [5, 5.41) is 13.4. The summed E-state index contributed by atoms with van der Waals surface area (Å²) >= 11 is 5.97. The maximum absolute atomic E-state index is 9.69. The highest BCUT2D eigenvalue weighted by Gasteiger charge is 2.24. The Morgan fingerprint density at radius 1 is 1.40 bits per heavy atom. The maximum Gasteiger partial charge on any atom is 0.138 e. The van der Waals surface area contributed by atoms with Crippen molar-refractivity contribution in [3.63, 3.8) is 0 Å². The van der Waals surface area contributed by atoms with Gasteiger partial charge >= 0.3 is 0 Å². The number of ether oxygens (including phenoxy) is 1. The van der Waals surface area contributed by atoms with Gasteiger partial charge in [0.05, 0.1) is 5.02 Å². The lowest BCUT2D eigenvalue weighted by molar-refractivity contribution is 0.0163. The molecule has 4 heteroatoms. The van der Waals surface area contributed by atoms with Crippen LogP contribution in [0.3, 0.4) is 0 Å². The minimum absolute atomic E-state index is 0.161. The molecule has 1 saturated heterocycles. The highest BCUT2D eigenvalue weighted by Crippen LogP contribution is 2.25. The topological polar surface area (TPSA) is 41.5 Å². The van der Waals surface area contributed by atoms with Gasteiger partial charge in [-0.1, -0.05) is 23.7 Å². The van der Waals surface area contributed by atoms with Crippen molar-refractivity contribution in [2.45, 2.75) is 18.6 Å². The molecule has 0 aliphatic carbocycles. The van der Waals surface area contributed by atoms with Crippen LogP contribution >= 0.6 is 11.6 Å². The maximum atomic E-state index is 9.69. The van der Waals surface area contributed by atoms with Crippen LogP contribution in [0.4, 0.5) is 0 Å². The largest absolute Gasteiger partial charge is 0.486 e. The first-order valence-corrected chi connectivity index (χ1v) is 5.45. The number of halogens is 1. The second kappa shape index (κ2) is 4.84. The van der Waals surface area contributed by atoms with E-state index < -0.39 is 6.10 Å². The summed E-state index contributed by atoms with van der Waals surface area (Å²) < 4.78 is 5.68. The fourth-order valence-electron chi connectivity index (χ4n) is 1.66. The molecule has 1 aromatic rings. The van der Waals surface area contributed by atoms with Gasteiger partial charge in [0.25, 0.3) is 0 Å². The van der Waals surface area contributed by atoms with Crippen LogP contribution in [-0.2, 0) is 0 Å². The molecule has 0 amide bonds. The summed E-state index contributed by atoms with van der Waals surface area (Å²) in [5.74, 6) is 0.644. The Morgan fingerprint density at radius 2 is 2.20 bits per heavy atom. The number of para-hydroxylation sites is 1. The molecule has 1 aliphatic heterocycles. The summed E-state index contributed by atoms with van der Waals surface area (Å²) in [6.07, 6.45) is 0.174. The molecule has 1 heterocycles. The predicted octanol–water partition coefficient (Wildman–Crippen LogP) is 1.44. The van der Waals surface area contributed by atoms with E-state index >= 15 is 0 Å². The number of nitrogens with one attached hydrogen (secondary N) is 1. The van der Waals surface area contributed by atoms with Gasteiger partial charge in [-0.25, -0.2) is 0 Å². The van der Waals surface area contributed by atoms with Crippen LogP contribution in [-0.4, -0.2) is 30.4 Å². The molecule has 1 aromatic carbocycles. The van der Waals surface area contributed by atoms with Crippen molar-refractivity contribution in [2.75, 3.05) is 13.1 Å². The van der Waals surface area contributed by atoms with E-state index in [1.54, 1.807) is 6.07 Å². The van der Waals surface area contributed by atoms with E-state index in [9.17, 15) is 5.11 Å². The van der Waals surface area contributed by atoms with Gasteiger partial charge in [-0.3, -0.25) is 0 Å². The minimum atomic E-state index is -0.463. The highest BCUT2D eigenvalue weighted by atomic mass is 35.5. The van der Waals surface area contributed by atoms with Crippen molar-refractivity contribution < 1.29 is 9.84 Å². The molecular formula is C11H14ClNO2. The lowest BCUT2D eigenvalue weighted by Gasteiger charge is -2.29. The molecule has 0 aromatic heterocycles. The molecule has 0 unspecified atom stereocenters. The third kappa shape index (κ3) is 2.62. The standard InChI is InChI=1S/C11H14ClNO2/c12-8-3-1-2-4-10(8)15-11-5-6-13-7-9(11)14/h1-4,9,11,13-14H,5-7H2/t9-,11-/m1/s1. The Balaban J connectivity index is 2.04. The van der Waals surface area contributed by atoms with E-state index in [0.29, 0.717) is 17.3 Å². The van der Waals surface area contributed by atoms with Crippen LogP contribution in [0.2, 0.25) is 5.02 Å². The third-order valence-electron chi connectivity index (χ3n) is 2.50. The van der Waals surface area contributed by atoms with Crippen LogP contribution in [0.5, 0.6) is 5.75 Å². The quantitative estimate of drug-likeness (QED) is 0.804. The zero-order valence-corrected chi connectivity index (χ0v) is 9.07. The molecule has 82 valence electrons. The molecule has 2 rings (SSSR count). The number of hydrogen-bond donors (Lipinski definition) is 2. The number of β-amino-alcohol motifs (C(OH)–C–C–N with tert-alkyl or cyclic N) is 1. The van der Waals surface area contributed by atoms with E-state index in [1.807, 2.05) is 18.2 Å². The molecule has 2 N–H and O–H groups in total. The molecular weight excluding hydrogens is 214 g/mol. The number of benzene rings is 1. The van der Waals surface area contributed by atoms with Crippen LogP contribution < -0.4 is 10.1 Å². The number of aliphatic hydroxyl groups is 1. The number of aliphatic hydroxyl groups excluding tert-OH is 1. The van der Waals surface area contributed by atoms with E-state index in [4.69, 9.17) is 16.3 Å². The first-order valence-electron chi connectivity index (χ1n) is 5.07. The molecule has 15 heavy (non-hydrogen) atoms. The van der Waals surface area contributed by atoms with Crippen molar-refractivity contribution in [3.8, 4) is 5.75 Å². The van der Waals surface area contributed by atoms with Gasteiger partial charge in [-0.2, -0.15) is 0 Å². The van der Waals surface area contributed by atoms with Crippen molar-refractivity contribution in [1.29, 1.82) is 0 Å². The summed E-state index contributed by atoms with van der Waals surface area (Å²) in [5.41, 5.74) is 0. The predicted molar refractivity (Wildman–Crippen MR) is 59.4 cm³/mol. The van der Waals surface area contributed by atoms with E-state index in [-0.39, 0.29) is 6.10 Å². The Bertz CT molecular complexity index is 332. The number of piperidine rings is 1. The Hall–Kier alpha value is -0.770. The molecule has 1 fully saturated rings. The fraction of sp³-hybridized carbons (Fsp3) is 0.455. The van der Waals surface area contributed by atoms with Crippen LogP contribution in [0, 0.1) is 0 Å². The second-order valence-corrected chi connectivity index (χ2v) is 4.05. The number of hydrogen-bond acceptors (Lipinski definition) is 3. The average molecular weight is 228 g/mol. The lowest BCUT2D eigenvalue weighted by atomic mass is 10.1. The lowest BCUT2D eigenvalue weighted by Crippen LogP contribution is -2.46. The molecule has 0 radical (unpaired) electrons. The average Bonchev–Trinajstić information content (AvgIpc) is 2.24. The summed E-state index contributed by atoms with van der Waals surface area (Å²) in [4.78, 5) is 0. The zero-order chi connectivity index (χ0) is 10.7. The normalized spacial score (nSPS) is 26.3. The van der Waals surface area contributed by atoms with Gasteiger partial charge in [0.15, 0.2) is 0 Å². The van der Waals surface area contributed by atoms with Crippen molar-refractivity contribution in [2.24, 2.45) is 0 Å². The van der Waals surface area contributed by atoms with Gasteiger partial charge in [0, 0.05) is 6.54 Å². The molecule has 0 bridgehead atoms. The van der Waals surface area contributed by atoms with Gasteiger partial charge < -0.3 is 15.2 Å². The first-order chi connectivity index (χ1) is 7.27. The highest BCUT2D eigenvalue weighted by molar-refractivity contribution is 6.32. The summed E-state index contributed by atoms with van der Waals surface area (Å²) in [6.45, 7) is 1.45. The Morgan fingerprint density at radius 3 is 2.93 bits per heavy atom. The molecule has 0 saturated carbocycles. The van der Waals surface area contributed by atoms with Crippen LogP contribution in [0.25, 0.3) is 0 Å². The van der Waals surface area contributed by atoms with Crippen LogP contribution in [0.1, 0.15) is 6.42 Å². The van der Waals surface area contributed by atoms with E-state index in [1.165, 1.54) is 0 Å². The smallest absolute Gasteiger partial charge is 0.138 e. The Kier molecular flexibility index (Phi) is 3.46.